The lowest BCUT2D eigenvalue weighted by molar-refractivity contribution is 0.886. The standard InChI is InChI=1S/C9H13ClN4/c10-14-6-8-3-1-2-7(4-8)5-13-9(11)12/h1-4,14H,5-6H2,(H4,11,12,13). The minimum absolute atomic E-state index is 0.0223. The molecule has 0 aliphatic carbocycles. The Balaban J connectivity index is 2.58. The van der Waals surface area contributed by atoms with E-state index in [9.17, 15) is 0 Å². The summed E-state index contributed by atoms with van der Waals surface area (Å²) >= 11 is 5.40. The summed E-state index contributed by atoms with van der Waals surface area (Å²) in [6.45, 7) is 1.18. The van der Waals surface area contributed by atoms with Crippen molar-refractivity contribution in [2.45, 2.75) is 13.1 Å². The summed E-state index contributed by atoms with van der Waals surface area (Å²) in [6.07, 6.45) is 0. The van der Waals surface area contributed by atoms with Gasteiger partial charge in [-0.1, -0.05) is 24.3 Å². The summed E-state index contributed by atoms with van der Waals surface area (Å²) in [5.41, 5.74) is 7.35. The molecule has 0 saturated heterocycles. The van der Waals surface area contributed by atoms with E-state index in [2.05, 4.69) is 10.2 Å². The van der Waals surface area contributed by atoms with Crippen LogP contribution in [0.25, 0.3) is 0 Å². The molecule has 5 N–H and O–H groups in total. The fourth-order valence-corrected chi connectivity index (χ4v) is 1.28. The van der Waals surface area contributed by atoms with Crippen LogP contribution in [0.4, 0.5) is 0 Å². The second-order valence-corrected chi connectivity index (χ2v) is 3.16. The molecule has 0 radical (unpaired) electrons. The van der Waals surface area contributed by atoms with Crippen LogP contribution >= 0.6 is 11.8 Å². The predicted octanol–water partition coefficient (Wildman–Crippen LogP) is 0.913. The zero-order chi connectivity index (χ0) is 10.4. The number of nitrogens with two attached hydrogens (primary N) is 1. The monoisotopic (exact) mass is 212 g/mol. The van der Waals surface area contributed by atoms with Crippen molar-refractivity contribution in [3.05, 3.63) is 35.4 Å². The van der Waals surface area contributed by atoms with E-state index < -0.39 is 0 Å². The van der Waals surface area contributed by atoms with E-state index in [1.54, 1.807) is 0 Å². The van der Waals surface area contributed by atoms with Gasteiger partial charge >= 0.3 is 0 Å². The molecular formula is C9H13ClN4. The quantitative estimate of drug-likeness (QED) is 0.341. The molecule has 0 aromatic heterocycles. The first-order valence-corrected chi connectivity index (χ1v) is 4.59. The van der Waals surface area contributed by atoms with Gasteiger partial charge in [-0.3, -0.25) is 5.41 Å². The van der Waals surface area contributed by atoms with Crippen LogP contribution in [0.3, 0.4) is 0 Å². The highest BCUT2D eigenvalue weighted by Gasteiger charge is 1.95. The molecule has 0 aliphatic heterocycles. The van der Waals surface area contributed by atoms with Gasteiger partial charge in [0, 0.05) is 13.1 Å². The van der Waals surface area contributed by atoms with Gasteiger partial charge in [0.05, 0.1) is 0 Å². The molecule has 4 nitrogen and oxygen atoms in total. The molecule has 1 rings (SSSR count). The van der Waals surface area contributed by atoms with Crippen LogP contribution in [-0.2, 0) is 13.1 Å². The minimum atomic E-state index is -0.0223. The maximum Gasteiger partial charge on any atom is 0.185 e. The second kappa shape index (κ2) is 5.47. The van der Waals surface area contributed by atoms with E-state index in [4.69, 9.17) is 22.9 Å². The van der Waals surface area contributed by atoms with Gasteiger partial charge in [-0.25, -0.2) is 4.84 Å². The Morgan fingerprint density at radius 1 is 1.36 bits per heavy atom. The number of hydrogen-bond donors (Lipinski definition) is 4. The average Bonchev–Trinajstić information content (AvgIpc) is 2.16. The SMILES string of the molecule is N=C(N)NCc1cccc(CNCl)c1. The molecule has 0 fully saturated rings. The fourth-order valence-electron chi connectivity index (χ4n) is 1.12. The van der Waals surface area contributed by atoms with Crippen LogP contribution in [0.5, 0.6) is 0 Å². The molecule has 0 unspecified atom stereocenters. The number of hydrogen-bond acceptors (Lipinski definition) is 2. The molecule has 5 heteroatoms. The van der Waals surface area contributed by atoms with Gasteiger partial charge in [-0.2, -0.15) is 0 Å². The van der Waals surface area contributed by atoms with Crippen LogP contribution in [0, 0.1) is 5.41 Å². The number of guanidine groups is 1. The minimum Gasteiger partial charge on any atom is -0.370 e. The third kappa shape index (κ3) is 3.64. The van der Waals surface area contributed by atoms with Crippen LogP contribution in [-0.4, -0.2) is 5.96 Å². The lowest BCUT2D eigenvalue weighted by Crippen LogP contribution is -2.29. The summed E-state index contributed by atoms with van der Waals surface area (Å²) < 4.78 is 0. The highest BCUT2D eigenvalue weighted by Crippen LogP contribution is 2.04. The average molecular weight is 213 g/mol. The fraction of sp³-hybridized carbons (Fsp3) is 0.222. The maximum atomic E-state index is 7.01. The molecule has 1 aromatic rings. The van der Waals surface area contributed by atoms with Crippen molar-refractivity contribution in [2.24, 2.45) is 5.73 Å². The van der Waals surface area contributed by atoms with E-state index in [0.717, 1.165) is 11.1 Å². The van der Waals surface area contributed by atoms with Crippen LogP contribution in [0.1, 0.15) is 11.1 Å². The van der Waals surface area contributed by atoms with Gasteiger partial charge in [0.15, 0.2) is 5.96 Å². The van der Waals surface area contributed by atoms with E-state index in [-0.39, 0.29) is 5.96 Å². The maximum absolute atomic E-state index is 7.01. The molecule has 14 heavy (non-hydrogen) atoms. The number of rotatable bonds is 4. The van der Waals surface area contributed by atoms with E-state index in [1.807, 2.05) is 24.3 Å². The Labute approximate surface area is 88.1 Å². The molecule has 0 saturated carbocycles. The van der Waals surface area contributed by atoms with Crippen molar-refractivity contribution >= 4 is 17.7 Å². The molecule has 0 heterocycles. The lowest BCUT2D eigenvalue weighted by atomic mass is 10.1. The van der Waals surface area contributed by atoms with E-state index >= 15 is 0 Å². The molecule has 0 atom stereocenters. The summed E-state index contributed by atoms with van der Waals surface area (Å²) in [5.74, 6) is -0.0223. The second-order valence-electron chi connectivity index (χ2n) is 2.90. The molecule has 0 aliphatic rings. The zero-order valence-electron chi connectivity index (χ0n) is 7.68. The van der Waals surface area contributed by atoms with Gasteiger partial charge in [0.2, 0.25) is 0 Å². The molecule has 1 aromatic carbocycles. The van der Waals surface area contributed by atoms with Gasteiger partial charge in [-0.15, -0.1) is 0 Å². The zero-order valence-corrected chi connectivity index (χ0v) is 8.43. The smallest absolute Gasteiger partial charge is 0.185 e. The Morgan fingerprint density at radius 3 is 2.57 bits per heavy atom. The third-order valence-electron chi connectivity index (χ3n) is 1.75. The lowest BCUT2D eigenvalue weighted by Gasteiger charge is -2.05. The van der Waals surface area contributed by atoms with Crippen molar-refractivity contribution in [1.29, 1.82) is 5.41 Å². The topological polar surface area (TPSA) is 73.9 Å². The van der Waals surface area contributed by atoms with Crippen molar-refractivity contribution in [3.63, 3.8) is 0 Å². The summed E-state index contributed by atoms with van der Waals surface area (Å²) in [6, 6.07) is 7.90. The largest absolute Gasteiger partial charge is 0.370 e. The summed E-state index contributed by atoms with van der Waals surface area (Å²) in [4.78, 5) is 2.56. The molecule has 76 valence electrons. The van der Waals surface area contributed by atoms with Crippen molar-refractivity contribution < 1.29 is 0 Å². The molecule has 0 bridgehead atoms. The van der Waals surface area contributed by atoms with E-state index in [0.29, 0.717) is 13.1 Å². The number of halogens is 1. The van der Waals surface area contributed by atoms with Gasteiger partial charge in [0.25, 0.3) is 0 Å². The summed E-state index contributed by atoms with van der Waals surface area (Å²) in [7, 11) is 0. The van der Waals surface area contributed by atoms with Crippen LogP contribution in [0.15, 0.2) is 24.3 Å². The van der Waals surface area contributed by atoms with Crippen molar-refractivity contribution in [3.8, 4) is 0 Å². The predicted molar refractivity (Wildman–Crippen MR) is 57.9 cm³/mol. The van der Waals surface area contributed by atoms with Crippen LogP contribution in [0.2, 0.25) is 0 Å². The first-order chi connectivity index (χ1) is 6.72. The number of benzene rings is 1. The van der Waals surface area contributed by atoms with Crippen LogP contribution < -0.4 is 15.9 Å². The normalized spacial score (nSPS) is 9.79. The van der Waals surface area contributed by atoms with Crippen molar-refractivity contribution in [1.82, 2.24) is 10.2 Å². The first kappa shape index (κ1) is 10.8. The van der Waals surface area contributed by atoms with Gasteiger partial charge in [0.1, 0.15) is 0 Å². The van der Waals surface area contributed by atoms with Gasteiger partial charge < -0.3 is 11.1 Å². The molecule has 0 amide bonds. The molecular weight excluding hydrogens is 200 g/mol. The summed E-state index contributed by atoms with van der Waals surface area (Å²) in [5, 5.41) is 9.75. The highest BCUT2D eigenvalue weighted by atomic mass is 35.5. The highest BCUT2D eigenvalue weighted by molar-refractivity contribution is 6.13. The molecule has 0 spiro atoms. The number of nitrogens with one attached hydrogen (secondary N) is 3. The van der Waals surface area contributed by atoms with Gasteiger partial charge in [-0.05, 0) is 22.9 Å². The van der Waals surface area contributed by atoms with E-state index in [1.165, 1.54) is 0 Å². The Bertz CT molecular complexity index is 313. The Morgan fingerprint density at radius 2 is 2.00 bits per heavy atom. The first-order valence-electron chi connectivity index (χ1n) is 4.21. The Kier molecular flexibility index (Phi) is 4.22. The Hall–Kier alpha value is -1.26. The third-order valence-corrected chi connectivity index (χ3v) is 1.88. The van der Waals surface area contributed by atoms with Crippen molar-refractivity contribution in [2.75, 3.05) is 0 Å².